The van der Waals surface area contributed by atoms with Crippen LogP contribution >= 0.6 is 0 Å². The van der Waals surface area contributed by atoms with Gasteiger partial charge in [-0.15, -0.1) is 0 Å². The molecule has 0 radical (unpaired) electrons. The molecule has 16 heavy (non-hydrogen) atoms. The maximum absolute atomic E-state index is 13.8. The molecule has 90 valence electrons. The third-order valence-corrected chi connectivity index (χ3v) is 2.58. The molecule has 0 fully saturated rings. The van der Waals surface area contributed by atoms with Crippen LogP contribution in [0.3, 0.4) is 0 Å². The lowest BCUT2D eigenvalue weighted by Gasteiger charge is -2.24. The molecular formula is C13H21FN2. The molecule has 0 spiro atoms. The summed E-state index contributed by atoms with van der Waals surface area (Å²) in [6, 6.07) is 5.27. The van der Waals surface area contributed by atoms with Crippen molar-refractivity contribution in [2.75, 3.05) is 18.0 Å². The summed E-state index contributed by atoms with van der Waals surface area (Å²) in [5.41, 5.74) is 7.02. The molecule has 1 rings (SSSR count). The van der Waals surface area contributed by atoms with Crippen molar-refractivity contribution in [1.29, 1.82) is 0 Å². The second-order valence-corrected chi connectivity index (χ2v) is 3.98. The van der Waals surface area contributed by atoms with Gasteiger partial charge in [0.2, 0.25) is 0 Å². The average molecular weight is 224 g/mol. The largest absolute Gasteiger partial charge is 0.369 e. The molecule has 0 atom stereocenters. The van der Waals surface area contributed by atoms with Gasteiger partial charge in [0, 0.05) is 19.6 Å². The van der Waals surface area contributed by atoms with E-state index in [-0.39, 0.29) is 5.82 Å². The zero-order chi connectivity index (χ0) is 12.0. The Morgan fingerprint density at radius 2 is 1.81 bits per heavy atom. The lowest BCUT2D eigenvalue weighted by Crippen LogP contribution is -2.25. The quantitative estimate of drug-likeness (QED) is 0.805. The van der Waals surface area contributed by atoms with E-state index in [1.54, 1.807) is 0 Å². The van der Waals surface area contributed by atoms with E-state index in [1.807, 2.05) is 12.1 Å². The van der Waals surface area contributed by atoms with E-state index in [0.29, 0.717) is 12.2 Å². The molecule has 1 aromatic rings. The molecule has 0 aliphatic rings. The van der Waals surface area contributed by atoms with Crippen LogP contribution in [0.15, 0.2) is 18.2 Å². The number of anilines is 1. The average Bonchev–Trinajstić information content (AvgIpc) is 2.29. The van der Waals surface area contributed by atoms with Crippen LogP contribution in [0.1, 0.15) is 32.3 Å². The van der Waals surface area contributed by atoms with Crippen molar-refractivity contribution in [1.82, 2.24) is 0 Å². The summed E-state index contributed by atoms with van der Waals surface area (Å²) in [6.07, 6.45) is 2.05. The monoisotopic (exact) mass is 224 g/mol. The van der Waals surface area contributed by atoms with E-state index < -0.39 is 0 Å². The highest BCUT2D eigenvalue weighted by molar-refractivity contribution is 5.49. The summed E-state index contributed by atoms with van der Waals surface area (Å²) in [5.74, 6) is -0.162. The number of nitrogens with zero attached hydrogens (tertiary/aromatic N) is 1. The first kappa shape index (κ1) is 13.0. The van der Waals surface area contributed by atoms with E-state index in [1.165, 1.54) is 6.07 Å². The molecule has 0 saturated carbocycles. The van der Waals surface area contributed by atoms with Crippen LogP contribution in [0.25, 0.3) is 0 Å². The molecule has 0 aliphatic heterocycles. The van der Waals surface area contributed by atoms with Crippen LogP contribution in [0.5, 0.6) is 0 Å². The predicted octanol–water partition coefficient (Wildman–Crippen LogP) is 2.91. The van der Waals surface area contributed by atoms with Gasteiger partial charge < -0.3 is 10.6 Å². The van der Waals surface area contributed by atoms with Crippen molar-refractivity contribution < 1.29 is 4.39 Å². The normalized spacial score (nSPS) is 10.5. The van der Waals surface area contributed by atoms with Crippen molar-refractivity contribution in [3.8, 4) is 0 Å². The number of halogens is 1. The molecule has 0 aliphatic carbocycles. The van der Waals surface area contributed by atoms with Crippen molar-refractivity contribution in [3.63, 3.8) is 0 Å². The van der Waals surface area contributed by atoms with Gasteiger partial charge in [0.1, 0.15) is 5.82 Å². The molecule has 1 aromatic carbocycles. The number of hydrogen-bond acceptors (Lipinski definition) is 2. The number of nitrogens with two attached hydrogens (primary N) is 1. The topological polar surface area (TPSA) is 29.3 Å². The fourth-order valence-corrected chi connectivity index (χ4v) is 1.83. The summed E-state index contributed by atoms with van der Waals surface area (Å²) in [6.45, 7) is 6.39. The Bertz CT molecular complexity index is 320. The molecular weight excluding hydrogens is 203 g/mol. The van der Waals surface area contributed by atoms with Gasteiger partial charge in [0.15, 0.2) is 0 Å². The highest BCUT2D eigenvalue weighted by Crippen LogP contribution is 2.21. The van der Waals surface area contributed by atoms with Gasteiger partial charge in [0.25, 0.3) is 0 Å². The van der Waals surface area contributed by atoms with E-state index in [0.717, 1.165) is 31.5 Å². The smallest absolute Gasteiger partial charge is 0.146 e. The van der Waals surface area contributed by atoms with Gasteiger partial charge in [-0.2, -0.15) is 0 Å². The molecule has 2 nitrogen and oxygen atoms in total. The lowest BCUT2D eigenvalue weighted by molar-refractivity contribution is 0.611. The SMILES string of the molecule is CCCN(CCC)c1ccc(CN)cc1F. The molecule has 0 amide bonds. The van der Waals surface area contributed by atoms with Crippen LogP contribution in [0, 0.1) is 5.82 Å². The highest BCUT2D eigenvalue weighted by Gasteiger charge is 2.10. The molecule has 0 heterocycles. The van der Waals surface area contributed by atoms with Crippen LogP contribution in [0.4, 0.5) is 10.1 Å². The zero-order valence-corrected chi connectivity index (χ0v) is 10.2. The Kier molecular flexibility index (Phi) is 5.26. The minimum Gasteiger partial charge on any atom is -0.369 e. The van der Waals surface area contributed by atoms with Crippen LogP contribution in [-0.2, 0) is 6.54 Å². The minimum atomic E-state index is -0.162. The number of hydrogen-bond donors (Lipinski definition) is 1. The van der Waals surface area contributed by atoms with Crippen LogP contribution < -0.4 is 10.6 Å². The van der Waals surface area contributed by atoms with Gasteiger partial charge in [0.05, 0.1) is 5.69 Å². The summed E-state index contributed by atoms with van der Waals surface area (Å²) in [5, 5.41) is 0. The summed E-state index contributed by atoms with van der Waals surface area (Å²) in [7, 11) is 0. The second-order valence-electron chi connectivity index (χ2n) is 3.98. The summed E-state index contributed by atoms with van der Waals surface area (Å²) < 4.78 is 13.8. The fraction of sp³-hybridized carbons (Fsp3) is 0.538. The number of rotatable bonds is 6. The molecule has 2 N–H and O–H groups in total. The maximum Gasteiger partial charge on any atom is 0.146 e. The van der Waals surface area contributed by atoms with Gasteiger partial charge in [-0.1, -0.05) is 19.9 Å². The van der Waals surface area contributed by atoms with Gasteiger partial charge >= 0.3 is 0 Å². The van der Waals surface area contributed by atoms with Crippen molar-refractivity contribution in [2.45, 2.75) is 33.2 Å². The summed E-state index contributed by atoms with van der Waals surface area (Å²) in [4.78, 5) is 2.09. The lowest BCUT2D eigenvalue weighted by atomic mass is 10.1. The van der Waals surface area contributed by atoms with E-state index >= 15 is 0 Å². The zero-order valence-electron chi connectivity index (χ0n) is 10.2. The van der Waals surface area contributed by atoms with E-state index in [9.17, 15) is 4.39 Å². The van der Waals surface area contributed by atoms with Gasteiger partial charge in [-0.3, -0.25) is 0 Å². The highest BCUT2D eigenvalue weighted by atomic mass is 19.1. The van der Waals surface area contributed by atoms with Crippen molar-refractivity contribution >= 4 is 5.69 Å². The van der Waals surface area contributed by atoms with Crippen LogP contribution in [-0.4, -0.2) is 13.1 Å². The van der Waals surface area contributed by atoms with Crippen molar-refractivity contribution in [2.24, 2.45) is 5.73 Å². The first-order valence-corrected chi connectivity index (χ1v) is 5.96. The minimum absolute atomic E-state index is 0.162. The molecule has 0 aromatic heterocycles. The van der Waals surface area contributed by atoms with Gasteiger partial charge in [-0.25, -0.2) is 4.39 Å². The first-order valence-electron chi connectivity index (χ1n) is 5.96. The Hall–Kier alpha value is -1.09. The first-order chi connectivity index (χ1) is 7.72. The third kappa shape index (κ3) is 3.20. The third-order valence-electron chi connectivity index (χ3n) is 2.58. The standard InChI is InChI=1S/C13H21FN2/c1-3-7-16(8-4-2)13-6-5-11(10-15)9-12(13)14/h5-6,9H,3-4,7-8,10,15H2,1-2H3. The Morgan fingerprint density at radius 1 is 1.19 bits per heavy atom. The van der Waals surface area contributed by atoms with Crippen molar-refractivity contribution in [3.05, 3.63) is 29.6 Å². The predicted molar refractivity (Wildman–Crippen MR) is 67.1 cm³/mol. The Morgan fingerprint density at radius 3 is 2.25 bits per heavy atom. The molecule has 0 unspecified atom stereocenters. The maximum atomic E-state index is 13.8. The Balaban J connectivity index is 2.90. The Labute approximate surface area is 97.3 Å². The molecule has 0 bridgehead atoms. The van der Waals surface area contributed by atoms with E-state index in [4.69, 9.17) is 5.73 Å². The number of benzene rings is 1. The summed E-state index contributed by atoms with van der Waals surface area (Å²) >= 11 is 0. The molecule has 3 heteroatoms. The van der Waals surface area contributed by atoms with Crippen LogP contribution in [0.2, 0.25) is 0 Å². The van der Waals surface area contributed by atoms with E-state index in [2.05, 4.69) is 18.7 Å². The van der Waals surface area contributed by atoms with Gasteiger partial charge in [-0.05, 0) is 30.5 Å². The molecule has 0 saturated heterocycles. The second kappa shape index (κ2) is 6.48. The fourth-order valence-electron chi connectivity index (χ4n) is 1.83.